The number of alkyl carbamates (subject to hydrolysis) is 1. The first kappa shape index (κ1) is 73.2. The van der Waals surface area contributed by atoms with Crippen LogP contribution in [0.1, 0.15) is 65.7 Å². The van der Waals surface area contributed by atoms with Crippen LogP contribution in [-0.4, -0.2) is 216 Å². The molecule has 5 atom stereocenters. The number of carbonyl (C=O) groups excluding carboxylic acids is 8. The standard InChI is InChI=1S/C64H80ClN3O24/c1-42(69)88-56-57(89-43(2)70)59(90-44(3)71)62(92-58(56)61(74)78-5)91-54-19-18-45(38-53(54)67-55(72)20-21-66-63(75)86-41-52-50-16-10-8-14-48(50)49-15-9-11-17-51(49)52)40-87-64(76)68(39-46-12-6-7-13-47(46)60(65)73)22-23-79-26-27-81-30-31-83-34-35-85-37-36-84-33-32-82-29-28-80-25-24-77-4/h6-19,38,52,56-59,62H,20-37,39-41H2,1-5H3,(H,66,75)(H,67,72)/t56-,57-,58?,59+,62+/m0/s1. The summed E-state index contributed by atoms with van der Waals surface area (Å²) in [5.41, 5.74) is 4.89. The molecule has 2 aliphatic rings. The first-order chi connectivity index (χ1) is 44.6. The lowest BCUT2D eigenvalue weighted by atomic mass is 9.97. The molecular formula is C64H80ClN3O24. The number of carbonyl (C=O) groups is 8. The summed E-state index contributed by atoms with van der Waals surface area (Å²) in [7, 11) is 2.64. The number of amides is 3. The van der Waals surface area contributed by atoms with E-state index in [2.05, 4.69) is 10.6 Å². The summed E-state index contributed by atoms with van der Waals surface area (Å²) in [4.78, 5) is 105. The number of nitrogens with zero attached hydrogens (tertiary/aromatic N) is 1. The van der Waals surface area contributed by atoms with Gasteiger partial charge in [0.2, 0.25) is 18.3 Å². The van der Waals surface area contributed by atoms with Crippen LogP contribution in [0.3, 0.4) is 0 Å². The molecule has 1 aliphatic heterocycles. The maximum atomic E-state index is 14.1. The van der Waals surface area contributed by atoms with Gasteiger partial charge in [-0.2, -0.15) is 0 Å². The summed E-state index contributed by atoms with van der Waals surface area (Å²) in [5.74, 6) is -4.92. The Morgan fingerprint density at radius 3 is 1.63 bits per heavy atom. The predicted octanol–water partition coefficient (Wildman–Crippen LogP) is 5.91. The Kier molecular flexibility index (Phi) is 32.0. The van der Waals surface area contributed by atoms with Crippen molar-refractivity contribution in [1.29, 1.82) is 0 Å². The van der Waals surface area contributed by atoms with Crippen molar-refractivity contribution < 1.29 is 114 Å². The van der Waals surface area contributed by atoms with E-state index in [0.29, 0.717) is 84.8 Å². The van der Waals surface area contributed by atoms with E-state index in [0.717, 1.165) is 50.1 Å². The molecule has 0 bridgehead atoms. The second kappa shape index (κ2) is 40.2. The molecule has 0 spiro atoms. The zero-order valence-electron chi connectivity index (χ0n) is 52.1. The van der Waals surface area contributed by atoms with Gasteiger partial charge < -0.3 is 91.3 Å². The highest BCUT2D eigenvalue weighted by atomic mass is 35.5. The van der Waals surface area contributed by atoms with Gasteiger partial charge in [-0.1, -0.05) is 72.8 Å². The Morgan fingerprint density at radius 2 is 1.09 bits per heavy atom. The fourth-order valence-corrected chi connectivity index (χ4v) is 9.76. The van der Waals surface area contributed by atoms with Crippen LogP contribution in [0.4, 0.5) is 15.3 Å². The molecule has 502 valence electrons. The molecule has 1 unspecified atom stereocenters. The molecule has 1 heterocycles. The third kappa shape index (κ3) is 24.3. The van der Waals surface area contributed by atoms with Crippen molar-refractivity contribution in [2.24, 2.45) is 0 Å². The summed E-state index contributed by atoms with van der Waals surface area (Å²) in [5, 5.41) is 4.58. The number of benzene rings is 4. The Balaban J connectivity index is 1.07. The minimum atomic E-state index is -1.83. The lowest BCUT2D eigenvalue weighted by molar-refractivity contribution is -0.282. The van der Waals surface area contributed by atoms with Gasteiger partial charge in [0, 0.05) is 65.4 Å². The highest BCUT2D eigenvalue weighted by molar-refractivity contribution is 6.67. The molecule has 28 heteroatoms. The number of methoxy groups -OCH3 is 2. The minimum Gasteiger partial charge on any atom is -0.467 e. The molecule has 0 saturated carbocycles. The summed E-state index contributed by atoms with van der Waals surface area (Å²) < 4.78 is 88.8. The third-order valence-electron chi connectivity index (χ3n) is 13.7. The van der Waals surface area contributed by atoms with Crippen molar-refractivity contribution in [3.63, 3.8) is 0 Å². The molecule has 1 fully saturated rings. The molecule has 0 aromatic heterocycles. The number of hydrogen-bond acceptors (Lipinski definition) is 24. The number of anilines is 1. The summed E-state index contributed by atoms with van der Waals surface area (Å²) in [6.07, 6.45) is -10.7. The average Bonchev–Trinajstić information content (AvgIpc) is 1.74. The van der Waals surface area contributed by atoms with Gasteiger partial charge in [0.15, 0.2) is 18.3 Å². The lowest BCUT2D eigenvalue weighted by Gasteiger charge is -2.43. The van der Waals surface area contributed by atoms with Gasteiger partial charge >= 0.3 is 36.1 Å². The number of ether oxygens (including phenoxy) is 16. The van der Waals surface area contributed by atoms with E-state index in [4.69, 9.17) is 87.4 Å². The highest BCUT2D eigenvalue weighted by Crippen LogP contribution is 2.44. The van der Waals surface area contributed by atoms with Crippen molar-refractivity contribution in [2.45, 2.75) is 77.0 Å². The van der Waals surface area contributed by atoms with Gasteiger partial charge in [0.25, 0.3) is 5.24 Å². The molecule has 1 saturated heterocycles. The maximum Gasteiger partial charge on any atom is 0.410 e. The fraction of sp³-hybridized carbons (Fsp3) is 0.500. The zero-order valence-corrected chi connectivity index (χ0v) is 52.9. The Morgan fingerprint density at radius 1 is 0.576 bits per heavy atom. The van der Waals surface area contributed by atoms with Crippen LogP contribution in [0.5, 0.6) is 5.75 Å². The number of hydrogen-bond donors (Lipinski definition) is 2. The van der Waals surface area contributed by atoms with Crippen LogP contribution in [0, 0.1) is 0 Å². The van der Waals surface area contributed by atoms with Crippen LogP contribution >= 0.6 is 11.6 Å². The quantitative estimate of drug-likeness (QED) is 0.0226. The van der Waals surface area contributed by atoms with Gasteiger partial charge in [0.1, 0.15) is 19.0 Å². The Labute approximate surface area is 537 Å². The number of fused-ring (bicyclic) bond motifs is 3. The normalized spacial score (nSPS) is 16.5. The van der Waals surface area contributed by atoms with Crippen molar-refractivity contribution in [3.05, 3.63) is 119 Å². The third-order valence-corrected chi connectivity index (χ3v) is 13.9. The zero-order chi connectivity index (χ0) is 66.0. The van der Waals surface area contributed by atoms with Crippen LogP contribution in [0.15, 0.2) is 91.0 Å². The smallest absolute Gasteiger partial charge is 0.410 e. The summed E-state index contributed by atoms with van der Waals surface area (Å²) >= 11 is 5.93. The molecule has 4 aromatic carbocycles. The molecule has 2 N–H and O–H groups in total. The first-order valence-electron chi connectivity index (χ1n) is 29.7. The van der Waals surface area contributed by atoms with Gasteiger partial charge in [-0.05, 0) is 63.2 Å². The second-order valence-corrected chi connectivity index (χ2v) is 20.7. The van der Waals surface area contributed by atoms with Crippen LogP contribution in [-0.2, 0) is 108 Å². The number of halogens is 1. The van der Waals surface area contributed by atoms with Gasteiger partial charge in [-0.25, -0.2) is 14.4 Å². The van der Waals surface area contributed by atoms with E-state index in [1.165, 1.54) is 29.2 Å². The number of rotatable bonds is 41. The molecule has 3 amide bonds. The van der Waals surface area contributed by atoms with Crippen LogP contribution in [0.25, 0.3) is 11.1 Å². The van der Waals surface area contributed by atoms with Gasteiger partial charge in [-0.3, -0.25) is 24.0 Å². The largest absolute Gasteiger partial charge is 0.467 e. The monoisotopic (exact) mass is 1310 g/mol. The first-order valence-corrected chi connectivity index (χ1v) is 30.1. The van der Waals surface area contributed by atoms with Crippen molar-refractivity contribution in [2.75, 3.05) is 138 Å². The van der Waals surface area contributed by atoms with Crippen LogP contribution in [0.2, 0.25) is 0 Å². The predicted molar refractivity (Wildman–Crippen MR) is 326 cm³/mol. The molecule has 0 radical (unpaired) electrons. The molecular weight excluding hydrogens is 1230 g/mol. The Bertz CT molecular complexity index is 2980. The second-order valence-electron chi connectivity index (χ2n) is 20.4. The Hall–Kier alpha value is -7.83. The molecule has 27 nitrogen and oxygen atoms in total. The van der Waals surface area contributed by atoms with Crippen molar-refractivity contribution in [3.8, 4) is 16.9 Å². The van der Waals surface area contributed by atoms with E-state index in [1.54, 1.807) is 25.3 Å². The van der Waals surface area contributed by atoms with Crippen molar-refractivity contribution in [1.82, 2.24) is 10.2 Å². The van der Waals surface area contributed by atoms with Gasteiger partial charge in [0.05, 0.1) is 112 Å². The molecule has 4 aromatic rings. The van der Waals surface area contributed by atoms with Crippen molar-refractivity contribution >= 4 is 64.5 Å². The van der Waals surface area contributed by atoms with Gasteiger partial charge in [-0.15, -0.1) is 0 Å². The van der Waals surface area contributed by atoms with E-state index in [9.17, 15) is 38.4 Å². The van der Waals surface area contributed by atoms with E-state index in [1.807, 2.05) is 48.5 Å². The average molecular weight is 1310 g/mol. The highest BCUT2D eigenvalue weighted by Gasteiger charge is 2.56. The summed E-state index contributed by atoms with van der Waals surface area (Å²) in [6.45, 7) is 7.87. The number of nitrogens with one attached hydrogen (secondary N) is 2. The summed E-state index contributed by atoms with van der Waals surface area (Å²) in [6, 6.07) is 26.4. The minimum absolute atomic E-state index is 0.0149. The molecule has 1 aliphatic carbocycles. The fourth-order valence-electron chi connectivity index (χ4n) is 9.57. The van der Waals surface area contributed by atoms with E-state index < -0.39 is 84.5 Å². The molecule has 92 heavy (non-hydrogen) atoms. The lowest BCUT2D eigenvalue weighted by Crippen LogP contribution is -2.64. The van der Waals surface area contributed by atoms with E-state index in [-0.39, 0.29) is 81.0 Å². The van der Waals surface area contributed by atoms with Crippen LogP contribution < -0.4 is 15.4 Å². The SMILES string of the molecule is COCCOCCOCCOCCOCCOCCOCCOCCN(Cc1ccccc1C(=O)Cl)C(=O)OCc1ccc(O[C@@H]2OC(C(=O)OC)[C@@H](OC(C)=O)[C@H](OC(C)=O)[C@H]2OC(C)=O)c(NC(=O)CCNC(=O)OCC2c3ccccc3-c3ccccc32)c1. The molecule has 6 rings (SSSR count). The van der Waals surface area contributed by atoms with E-state index >= 15 is 0 Å². The maximum absolute atomic E-state index is 14.1. The topological polar surface area (TPSA) is 312 Å². The number of esters is 4.